The first kappa shape index (κ1) is 21.3. The van der Waals surface area contributed by atoms with Crippen LogP contribution in [0.2, 0.25) is 0 Å². The number of benzene rings is 3. The molecule has 6 heteroatoms. The topological polar surface area (TPSA) is 67.2 Å². The molecule has 0 unspecified atom stereocenters. The first-order valence-corrected chi connectivity index (χ1v) is 11.6. The number of hydrogen-bond acceptors (Lipinski definition) is 4. The zero-order chi connectivity index (χ0) is 24.1. The number of carbonyl (C=O) groups is 1. The Morgan fingerprint density at radius 3 is 2.51 bits per heavy atom. The van der Waals surface area contributed by atoms with Crippen LogP contribution in [-0.4, -0.2) is 34.5 Å². The van der Waals surface area contributed by atoms with Gasteiger partial charge in [-0.2, -0.15) is 0 Å². The van der Waals surface area contributed by atoms with Gasteiger partial charge in [0.25, 0.3) is 11.5 Å². The number of rotatable bonds is 4. The second-order valence-corrected chi connectivity index (χ2v) is 9.26. The van der Waals surface area contributed by atoms with Gasteiger partial charge >= 0.3 is 0 Å². The Hall–Kier alpha value is -4.29. The van der Waals surface area contributed by atoms with E-state index in [1.807, 2.05) is 30.5 Å². The van der Waals surface area contributed by atoms with E-state index in [9.17, 15) is 9.59 Å². The van der Waals surface area contributed by atoms with Crippen LogP contribution in [0.25, 0.3) is 38.6 Å². The lowest BCUT2D eigenvalue weighted by Gasteiger charge is -2.14. The van der Waals surface area contributed by atoms with E-state index < -0.39 is 0 Å². The van der Waals surface area contributed by atoms with Crippen LogP contribution in [0.15, 0.2) is 83.8 Å². The van der Waals surface area contributed by atoms with Crippen LogP contribution < -0.4 is 10.9 Å². The van der Waals surface area contributed by atoms with Crippen molar-refractivity contribution >= 4 is 27.7 Å². The molecule has 1 amide bonds. The van der Waals surface area contributed by atoms with Crippen LogP contribution in [0, 0.1) is 0 Å². The summed E-state index contributed by atoms with van der Waals surface area (Å²) in [6.45, 7) is 1.36. The highest BCUT2D eigenvalue weighted by molar-refractivity contribution is 6.05. The average molecular weight is 461 g/mol. The molecule has 2 aromatic heterocycles. The van der Waals surface area contributed by atoms with Crippen molar-refractivity contribution in [1.29, 1.82) is 0 Å². The molecule has 0 saturated carbocycles. The monoisotopic (exact) mass is 460 g/mol. The van der Waals surface area contributed by atoms with Crippen molar-refractivity contribution in [2.75, 3.05) is 14.1 Å². The van der Waals surface area contributed by atoms with Crippen LogP contribution in [0.1, 0.15) is 21.5 Å². The first-order chi connectivity index (χ1) is 17.0. The van der Waals surface area contributed by atoms with Gasteiger partial charge in [-0.05, 0) is 72.7 Å². The van der Waals surface area contributed by atoms with E-state index in [-0.39, 0.29) is 11.5 Å². The van der Waals surface area contributed by atoms with Crippen molar-refractivity contribution < 1.29 is 4.79 Å². The summed E-state index contributed by atoms with van der Waals surface area (Å²) in [5.41, 5.74) is 7.23. The number of fused-ring (bicyclic) bond motifs is 4. The maximum Gasteiger partial charge on any atom is 0.255 e. The third kappa shape index (κ3) is 3.68. The molecule has 0 bridgehead atoms. The fraction of sp³-hybridized carbons (Fsp3) is 0.138. The quantitative estimate of drug-likeness (QED) is 0.401. The maximum atomic E-state index is 13.2. The predicted octanol–water partition coefficient (Wildman–Crippen LogP) is 4.51. The third-order valence-corrected chi connectivity index (χ3v) is 6.53. The predicted molar refractivity (Wildman–Crippen MR) is 139 cm³/mol. The van der Waals surface area contributed by atoms with E-state index in [0.717, 1.165) is 50.7 Å². The lowest BCUT2D eigenvalue weighted by atomic mass is 10.0. The molecular formula is C29H24N4O2. The maximum absolute atomic E-state index is 13.2. The lowest BCUT2D eigenvalue weighted by molar-refractivity contribution is 0.0966. The summed E-state index contributed by atoms with van der Waals surface area (Å²) >= 11 is 0. The highest BCUT2D eigenvalue weighted by Crippen LogP contribution is 2.30. The van der Waals surface area contributed by atoms with E-state index in [1.165, 1.54) is 5.56 Å². The average Bonchev–Trinajstić information content (AvgIpc) is 3.23. The summed E-state index contributed by atoms with van der Waals surface area (Å²) in [5.74, 6) is -0.0762. The second kappa shape index (κ2) is 8.18. The van der Waals surface area contributed by atoms with Crippen LogP contribution in [0.4, 0.5) is 0 Å². The Balaban J connectivity index is 1.55. The lowest BCUT2D eigenvalue weighted by Crippen LogP contribution is -2.18. The van der Waals surface area contributed by atoms with Crippen molar-refractivity contribution in [3.8, 4) is 16.8 Å². The van der Waals surface area contributed by atoms with Gasteiger partial charge in [0, 0.05) is 47.4 Å². The van der Waals surface area contributed by atoms with Gasteiger partial charge in [-0.3, -0.25) is 19.1 Å². The largest absolute Gasteiger partial charge is 0.348 e. The van der Waals surface area contributed by atoms with Crippen LogP contribution in [0.5, 0.6) is 0 Å². The van der Waals surface area contributed by atoms with Gasteiger partial charge in [0.15, 0.2) is 0 Å². The summed E-state index contributed by atoms with van der Waals surface area (Å²) in [5, 5.41) is 4.63. The Bertz CT molecular complexity index is 1680. The zero-order valence-electron chi connectivity index (χ0n) is 19.6. The number of nitrogens with one attached hydrogen (secondary N) is 1. The second-order valence-electron chi connectivity index (χ2n) is 9.26. The van der Waals surface area contributed by atoms with E-state index >= 15 is 0 Å². The molecule has 35 heavy (non-hydrogen) atoms. The molecular weight excluding hydrogens is 436 g/mol. The van der Waals surface area contributed by atoms with Gasteiger partial charge in [0.2, 0.25) is 0 Å². The molecule has 1 aliphatic rings. The fourth-order valence-corrected chi connectivity index (χ4v) is 4.87. The van der Waals surface area contributed by atoms with Gasteiger partial charge in [-0.25, -0.2) is 0 Å². The van der Waals surface area contributed by atoms with E-state index in [4.69, 9.17) is 0 Å². The smallest absolute Gasteiger partial charge is 0.255 e. The summed E-state index contributed by atoms with van der Waals surface area (Å²) in [4.78, 5) is 32.0. The standard InChI is InChI=1S/C29H24N4O2/c1-32(2)17-18-3-5-19(6-4-18)20-7-11-26-25(14-20)28-21(15-30-26)8-12-27(34)33(28)23-9-10-24-22(13-23)16-31-29(24)35/h3-15H,16-17H2,1-2H3,(H,31,35). The van der Waals surface area contributed by atoms with Gasteiger partial charge in [-0.1, -0.05) is 30.3 Å². The molecule has 3 heterocycles. The van der Waals surface area contributed by atoms with Gasteiger partial charge in [0.1, 0.15) is 0 Å². The molecule has 6 rings (SSSR count). The molecule has 3 aromatic carbocycles. The van der Waals surface area contributed by atoms with Crippen LogP contribution in [0.3, 0.4) is 0 Å². The normalized spacial score (nSPS) is 12.9. The van der Waals surface area contributed by atoms with E-state index in [1.54, 1.807) is 16.7 Å². The minimum absolute atomic E-state index is 0.0762. The van der Waals surface area contributed by atoms with Gasteiger partial charge in [0.05, 0.1) is 11.0 Å². The minimum atomic E-state index is -0.124. The highest BCUT2D eigenvalue weighted by atomic mass is 16.2. The molecule has 0 spiro atoms. The SMILES string of the molecule is CN(C)Cc1ccc(-c2ccc3ncc4ccc(=O)n(-c5ccc6c(c5)CNC6=O)c4c3c2)cc1. The Morgan fingerprint density at radius 2 is 1.71 bits per heavy atom. The van der Waals surface area contributed by atoms with Gasteiger partial charge < -0.3 is 10.2 Å². The molecule has 0 saturated heterocycles. The fourth-order valence-electron chi connectivity index (χ4n) is 4.87. The molecule has 0 atom stereocenters. The number of amides is 1. The summed E-state index contributed by atoms with van der Waals surface area (Å²) in [6.07, 6.45) is 1.81. The molecule has 172 valence electrons. The number of aromatic nitrogens is 2. The first-order valence-electron chi connectivity index (χ1n) is 11.6. The van der Waals surface area contributed by atoms with Crippen molar-refractivity contribution in [1.82, 2.24) is 19.8 Å². The van der Waals surface area contributed by atoms with Crippen LogP contribution >= 0.6 is 0 Å². The van der Waals surface area contributed by atoms with E-state index in [2.05, 4.69) is 65.7 Å². The molecule has 0 aliphatic carbocycles. The number of carbonyl (C=O) groups excluding carboxylic acids is 1. The van der Waals surface area contributed by atoms with Crippen molar-refractivity contribution in [2.24, 2.45) is 0 Å². The number of hydrogen-bond donors (Lipinski definition) is 1. The Morgan fingerprint density at radius 1 is 0.914 bits per heavy atom. The van der Waals surface area contributed by atoms with Crippen molar-refractivity contribution in [2.45, 2.75) is 13.1 Å². The van der Waals surface area contributed by atoms with E-state index in [0.29, 0.717) is 12.1 Å². The molecule has 1 aliphatic heterocycles. The molecule has 0 radical (unpaired) electrons. The Kier molecular flexibility index (Phi) is 4.97. The van der Waals surface area contributed by atoms with Crippen molar-refractivity contribution in [3.63, 3.8) is 0 Å². The number of nitrogens with zero attached hydrogens (tertiary/aromatic N) is 3. The minimum Gasteiger partial charge on any atom is -0.348 e. The molecule has 6 nitrogen and oxygen atoms in total. The molecule has 1 N–H and O–H groups in total. The van der Waals surface area contributed by atoms with Crippen LogP contribution in [-0.2, 0) is 13.1 Å². The summed E-state index contributed by atoms with van der Waals surface area (Å²) < 4.78 is 1.73. The Labute approximate surface area is 202 Å². The molecule has 5 aromatic rings. The summed E-state index contributed by atoms with van der Waals surface area (Å²) in [6, 6.07) is 23.7. The molecule has 0 fully saturated rings. The number of pyridine rings is 2. The summed E-state index contributed by atoms with van der Waals surface area (Å²) in [7, 11) is 4.12. The third-order valence-electron chi connectivity index (χ3n) is 6.53. The van der Waals surface area contributed by atoms with Gasteiger partial charge in [-0.15, -0.1) is 0 Å². The zero-order valence-corrected chi connectivity index (χ0v) is 19.6. The highest BCUT2D eigenvalue weighted by Gasteiger charge is 2.20. The van der Waals surface area contributed by atoms with Crippen molar-refractivity contribution in [3.05, 3.63) is 106 Å².